The highest BCUT2D eigenvalue weighted by Gasteiger charge is 2.53. The monoisotopic (exact) mass is 264 g/mol. The van der Waals surface area contributed by atoms with Crippen LogP contribution in [0, 0.1) is 5.82 Å². The molecule has 1 fully saturated rings. The third kappa shape index (κ3) is 1.85. The molecule has 1 aromatic rings. The second-order valence-corrected chi connectivity index (χ2v) is 4.07. The lowest BCUT2D eigenvalue weighted by atomic mass is 10.1. The van der Waals surface area contributed by atoms with Crippen molar-refractivity contribution in [3.63, 3.8) is 0 Å². The predicted molar refractivity (Wildman–Crippen MR) is 52.9 cm³/mol. The fourth-order valence-electron chi connectivity index (χ4n) is 1.71. The van der Waals surface area contributed by atoms with E-state index in [1.54, 1.807) is 4.98 Å². The lowest BCUT2D eigenvalue weighted by Crippen LogP contribution is -2.39. The average molecular weight is 264 g/mol. The van der Waals surface area contributed by atoms with E-state index >= 15 is 0 Å². The number of halogens is 2. The smallest absolute Gasteiger partial charge is 0.330 e. The van der Waals surface area contributed by atoms with E-state index in [1.165, 1.54) is 0 Å². The first-order valence-corrected chi connectivity index (χ1v) is 4.98. The Morgan fingerprint density at radius 2 is 2.11 bits per heavy atom. The minimum absolute atomic E-state index is 0.468. The van der Waals surface area contributed by atoms with Gasteiger partial charge in [-0.1, -0.05) is 0 Å². The molecule has 3 N–H and O–H groups in total. The van der Waals surface area contributed by atoms with E-state index in [4.69, 9.17) is 0 Å². The third-order valence-corrected chi connectivity index (χ3v) is 2.69. The van der Waals surface area contributed by atoms with Crippen molar-refractivity contribution in [2.75, 3.05) is 0 Å². The Kier molecular flexibility index (Phi) is 2.84. The van der Waals surface area contributed by atoms with Crippen LogP contribution in [0.2, 0.25) is 0 Å². The molecule has 0 amide bonds. The number of alkyl halides is 1. The molecule has 1 aromatic heterocycles. The fraction of sp³-hybridized carbons (Fsp3) is 0.556. The van der Waals surface area contributed by atoms with Crippen molar-refractivity contribution in [3.05, 3.63) is 32.9 Å². The van der Waals surface area contributed by atoms with Crippen LogP contribution in [0.5, 0.6) is 0 Å². The maximum atomic E-state index is 13.6. The van der Waals surface area contributed by atoms with E-state index in [9.17, 15) is 28.6 Å². The zero-order valence-corrected chi connectivity index (χ0v) is 9.13. The number of rotatable bonds is 1. The number of nitrogens with one attached hydrogen (secondary N) is 1. The molecule has 0 bridgehead atoms. The molecule has 1 aliphatic rings. The number of aromatic nitrogens is 2. The minimum atomic E-state index is -2.59. The number of aliphatic hydroxyl groups excluding tert-OH is 2. The van der Waals surface area contributed by atoms with Crippen LogP contribution in [0.4, 0.5) is 8.78 Å². The number of H-pyrrole nitrogens is 1. The summed E-state index contributed by atoms with van der Waals surface area (Å²) >= 11 is 0. The number of nitrogens with zero attached hydrogens (tertiary/aromatic N) is 1. The number of ether oxygens (including phenoxy) is 1. The zero-order chi connectivity index (χ0) is 13.7. The zero-order valence-electron chi connectivity index (χ0n) is 9.13. The second kappa shape index (κ2) is 3.97. The summed E-state index contributed by atoms with van der Waals surface area (Å²) in [4.78, 5) is 23.8. The van der Waals surface area contributed by atoms with Crippen LogP contribution in [0.1, 0.15) is 13.2 Å². The largest absolute Gasteiger partial charge is 0.385 e. The highest BCUT2D eigenvalue weighted by molar-refractivity contribution is 4.96. The van der Waals surface area contributed by atoms with Gasteiger partial charge < -0.3 is 14.9 Å². The van der Waals surface area contributed by atoms with Crippen LogP contribution < -0.4 is 11.2 Å². The quantitative estimate of drug-likeness (QED) is 0.579. The van der Waals surface area contributed by atoms with E-state index in [2.05, 4.69) is 4.74 Å². The van der Waals surface area contributed by atoms with Gasteiger partial charge in [0, 0.05) is 0 Å². The topological polar surface area (TPSA) is 105 Å². The molecular weight excluding hydrogens is 254 g/mol. The normalized spacial score (nSPS) is 35.9. The standard InChI is InChI=1S/C9H10F2N2O5/c1-9(11)5(15)4(14)7(18-9)13-2-3(10)6(16)12-8(13)17/h2,4-5,7,14-15H,1H3,(H,12,16,17)/t4-,5+,7-,9-/m1/s1. The lowest BCUT2D eigenvalue weighted by Gasteiger charge is -2.17. The van der Waals surface area contributed by atoms with Gasteiger partial charge in [-0.2, -0.15) is 4.39 Å². The Hall–Kier alpha value is -1.58. The number of hydrogen-bond donors (Lipinski definition) is 3. The number of aromatic amines is 1. The molecule has 9 heteroatoms. The van der Waals surface area contributed by atoms with Gasteiger partial charge >= 0.3 is 5.69 Å². The van der Waals surface area contributed by atoms with Gasteiger partial charge in [0.15, 0.2) is 6.23 Å². The summed E-state index contributed by atoms with van der Waals surface area (Å²) in [5.41, 5.74) is -2.33. The lowest BCUT2D eigenvalue weighted by molar-refractivity contribution is -0.174. The van der Waals surface area contributed by atoms with Gasteiger partial charge in [-0.15, -0.1) is 0 Å². The summed E-state index contributed by atoms with van der Waals surface area (Å²) in [6, 6.07) is 0. The molecule has 7 nitrogen and oxygen atoms in total. The van der Waals surface area contributed by atoms with Crippen LogP contribution in [0.3, 0.4) is 0 Å². The summed E-state index contributed by atoms with van der Waals surface area (Å²) in [5.74, 6) is -3.89. The van der Waals surface area contributed by atoms with Crippen LogP contribution in [-0.4, -0.2) is 37.8 Å². The van der Waals surface area contributed by atoms with Crippen LogP contribution in [-0.2, 0) is 4.74 Å². The van der Waals surface area contributed by atoms with Gasteiger partial charge in [0.05, 0.1) is 6.20 Å². The van der Waals surface area contributed by atoms with Crippen molar-refractivity contribution in [2.45, 2.75) is 31.2 Å². The van der Waals surface area contributed by atoms with Gasteiger partial charge in [-0.3, -0.25) is 14.3 Å². The molecule has 100 valence electrons. The molecule has 4 atom stereocenters. The van der Waals surface area contributed by atoms with Crippen molar-refractivity contribution in [2.24, 2.45) is 0 Å². The van der Waals surface area contributed by atoms with Gasteiger partial charge in [0.25, 0.3) is 5.56 Å². The summed E-state index contributed by atoms with van der Waals surface area (Å²) < 4.78 is 31.7. The van der Waals surface area contributed by atoms with Gasteiger partial charge in [-0.05, 0) is 6.92 Å². The van der Waals surface area contributed by atoms with Gasteiger partial charge in [-0.25, -0.2) is 9.18 Å². The number of hydrogen-bond acceptors (Lipinski definition) is 5. The van der Waals surface area contributed by atoms with Crippen molar-refractivity contribution < 1.29 is 23.7 Å². The molecule has 2 heterocycles. The van der Waals surface area contributed by atoms with E-state index in [1.807, 2.05) is 0 Å². The first-order valence-electron chi connectivity index (χ1n) is 4.98. The summed E-state index contributed by atoms with van der Waals surface area (Å²) in [6.45, 7) is 0.855. The van der Waals surface area contributed by atoms with E-state index in [0.29, 0.717) is 10.8 Å². The predicted octanol–water partition coefficient (Wildman–Crippen LogP) is -1.39. The molecule has 1 saturated heterocycles. The fourth-order valence-corrected chi connectivity index (χ4v) is 1.71. The summed E-state index contributed by atoms with van der Waals surface area (Å²) in [7, 11) is 0. The Morgan fingerprint density at radius 3 is 2.61 bits per heavy atom. The highest BCUT2D eigenvalue weighted by Crippen LogP contribution is 2.36. The van der Waals surface area contributed by atoms with Crippen molar-refractivity contribution in [1.29, 1.82) is 0 Å². The molecule has 0 saturated carbocycles. The Balaban J connectivity index is 2.49. The van der Waals surface area contributed by atoms with Crippen molar-refractivity contribution >= 4 is 0 Å². The maximum absolute atomic E-state index is 13.6. The third-order valence-electron chi connectivity index (χ3n) is 2.69. The molecule has 1 aliphatic heterocycles. The number of aliphatic hydroxyl groups is 2. The van der Waals surface area contributed by atoms with E-state index in [-0.39, 0.29) is 0 Å². The Morgan fingerprint density at radius 1 is 1.50 bits per heavy atom. The first kappa shape index (κ1) is 12.9. The van der Waals surface area contributed by atoms with Crippen LogP contribution >= 0.6 is 0 Å². The maximum Gasteiger partial charge on any atom is 0.330 e. The first-order chi connectivity index (χ1) is 8.24. The molecular formula is C9H10F2N2O5. The van der Waals surface area contributed by atoms with Crippen LogP contribution in [0.15, 0.2) is 15.8 Å². The molecule has 0 aliphatic carbocycles. The molecule has 18 heavy (non-hydrogen) atoms. The minimum Gasteiger partial charge on any atom is -0.385 e. The summed E-state index contributed by atoms with van der Waals surface area (Å²) in [5, 5.41) is 18.9. The highest BCUT2D eigenvalue weighted by atomic mass is 19.2. The Labute approximate surface area is 98.3 Å². The van der Waals surface area contributed by atoms with Crippen molar-refractivity contribution in [1.82, 2.24) is 9.55 Å². The molecule has 0 radical (unpaired) electrons. The molecule has 0 spiro atoms. The second-order valence-electron chi connectivity index (χ2n) is 4.07. The Bertz CT molecular complexity index is 581. The SMILES string of the molecule is C[C@@]1(F)O[C@@H](n2cc(F)c(=O)[nH]c2=O)[C@H](O)[C@@H]1O. The molecule has 0 aromatic carbocycles. The van der Waals surface area contributed by atoms with Gasteiger partial charge in [0.2, 0.25) is 11.7 Å². The van der Waals surface area contributed by atoms with Crippen LogP contribution in [0.25, 0.3) is 0 Å². The molecule has 0 unspecified atom stereocenters. The average Bonchev–Trinajstić information content (AvgIpc) is 2.47. The molecule has 2 rings (SSSR count). The van der Waals surface area contributed by atoms with E-state index in [0.717, 1.165) is 6.92 Å². The van der Waals surface area contributed by atoms with Gasteiger partial charge in [0.1, 0.15) is 12.2 Å². The van der Waals surface area contributed by atoms with E-state index < -0.39 is 41.4 Å². The van der Waals surface area contributed by atoms with Crippen molar-refractivity contribution in [3.8, 4) is 0 Å². The summed E-state index contributed by atoms with van der Waals surface area (Å²) in [6.07, 6.45) is -4.83.